The summed E-state index contributed by atoms with van der Waals surface area (Å²) in [5, 5.41) is 13.3. The summed E-state index contributed by atoms with van der Waals surface area (Å²) in [6.45, 7) is 0. The zero-order chi connectivity index (χ0) is 20.1. The van der Waals surface area contributed by atoms with Crippen LogP contribution in [-0.2, 0) is 0 Å². The highest BCUT2D eigenvalue weighted by atomic mass is 16.4. The van der Waals surface area contributed by atoms with Gasteiger partial charge in [-0.25, -0.2) is 19.2 Å². The first-order valence-electron chi connectivity index (χ1n) is 8.71. The van der Waals surface area contributed by atoms with E-state index in [1.807, 2.05) is 0 Å². The fourth-order valence-electron chi connectivity index (χ4n) is 3.45. The Balaban J connectivity index is 1.62. The summed E-state index contributed by atoms with van der Waals surface area (Å²) in [6.07, 6.45) is 1.55. The van der Waals surface area contributed by atoms with Gasteiger partial charge in [-0.3, -0.25) is 9.59 Å². The lowest BCUT2D eigenvalue weighted by Gasteiger charge is -2.15. The molecular weight excluding hydrogens is 372 g/mol. The fourth-order valence-corrected chi connectivity index (χ4v) is 3.45. The maximum atomic E-state index is 12.8. The van der Waals surface area contributed by atoms with Gasteiger partial charge in [-0.15, -0.1) is 0 Å². The number of anilines is 1. The third-order valence-corrected chi connectivity index (χ3v) is 4.77. The van der Waals surface area contributed by atoms with Crippen molar-refractivity contribution in [3.63, 3.8) is 0 Å². The maximum absolute atomic E-state index is 12.8. The third-order valence-electron chi connectivity index (χ3n) is 4.77. The summed E-state index contributed by atoms with van der Waals surface area (Å²) in [7, 11) is 0. The number of imide groups is 1. The molecule has 1 N–H and O–H groups in total. The van der Waals surface area contributed by atoms with Crippen LogP contribution in [0.2, 0.25) is 0 Å². The average Bonchev–Trinajstić information content (AvgIpc) is 3.28. The number of amides is 2. The minimum atomic E-state index is -1.15. The first-order valence-corrected chi connectivity index (χ1v) is 8.71. The van der Waals surface area contributed by atoms with Gasteiger partial charge >= 0.3 is 5.97 Å². The number of aromatic carboxylic acids is 1. The molecule has 0 aliphatic carbocycles. The molecule has 4 aromatic rings. The van der Waals surface area contributed by atoms with E-state index in [9.17, 15) is 19.5 Å². The molecule has 0 saturated heterocycles. The summed E-state index contributed by atoms with van der Waals surface area (Å²) >= 11 is 0. The Morgan fingerprint density at radius 1 is 0.897 bits per heavy atom. The molecule has 0 bridgehead atoms. The maximum Gasteiger partial charge on any atom is 0.356 e. The minimum absolute atomic E-state index is 0.124. The monoisotopic (exact) mass is 384 g/mol. The van der Waals surface area contributed by atoms with Crippen molar-refractivity contribution in [1.29, 1.82) is 0 Å². The van der Waals surface area contributed by atoms with Crippen LogP contribution in [0.3, 0.4) is 0 Å². The van der Waals surface area contributed by atoms with Crippen LogP contribution in [0.5, 0.6) is 0 Å². The highest BCUT2D eigenvalue weighted by Gasteiger charge is 2.36. The summed E-state index contributed by atoms with van der Waals surface area (Å²) in [5.41, 5.74) is 2.66. The lowest BCUT2D eigenvalue weighted by atomic mass is 10.1. The smallest absolute Gasteiger partial charge is 0.356 e. The summed E-state index contributed by atoms with van der Waals surface area (Å²) < 4.78 is 1.42. The summed E-state index contributed by atoms with van der Waals surface area (Å²) in [4.78, 5) is 42.0. The molecule has 0 saturated carbocycles. The zero-order valence-corrected chi connectivity index (χ0v) is 14.8. The van der Waals surface area contributed by atoms with Gasteiger partial charge in [-0.1, -0.05) is 24.3 Å². The number of nitrogens with zero attached hydrogens (tertiary/aromatic N) is 4. The van der Waals surface area contributed by atoms with Crippen LogP contribution < -0.4 is 4.90 Å². The van der Waals surface area contributed by atoms with Gasteiger partial charge in [-0.05, 0) is 30.3 Å². The van der Waals surface area contributed by atoms with Crippen LogP contribution in [0.15, 0.2) is 66.9 Å². The summed E-state index contributed by atoms with van der Waals surface area (Å²) in [6, 6.07) is 16.6. The van der Waals surface area contributed by atoms with Crippen LogP contribution in [-0.4, -0.2) is 37.5 Å². The number of carboxylic acid groups (broad SMARTS) is 1. The van der Waals surface area contributed by atoms with Crippen molar-refractivity contribution in [2.24, 2.45) is 0 Å². The number of fused-ring (bicyclic) bond motifs is 2. The lowest BCUT2D eigenvalue weighted by Crippen LogP contribution is -2.29. The van der Waals surface area contributed by atoms with E-state index in [2.05, 4.69) is 10.1 Å². The van der Waals surface area contributed by atoms with Gasteiger partial charge < -0.3 is 5.11 Å². The molecule has 1 aliphatic heterocycles. The van der Waals surface area contributed by atoms with Crippen molar-refractivity contribution in [3.05, 3.63) is 83.7 Å². The van der Waals surface area contributed by atoms with Gasteiger partial charge in [0.1, 0.15) is 0 Å². The molecule has 0 radical (unpaired) electrons. The fraction of sp³-hybridized carbons (Fsp3) is 0. The number of carbonyl (C=O) groups is 3. The second-order valence-corrected chi connectivity index (χ2v) is 6.48. The van der Waals surface area contributed by atoms with E-state index in [1.54, 1.807) is 60.8 Å². The number of hydrogen-bond acceptors (Lipinski definition) is 5. The molecule has 8 nitrogen and oxygen atoms in total. The Morgan fingerprint density at radius 2 is 1.62 bits per heavy atom. The number of aromatic nitrogens is 3. The van der Waals surface area contributed by atoms with E-state index in [4.69, 9.17) is 0 Å². The molecular formula is C21H12N4O4. The average molecular weight is 384 g/mol. The van der Waals surface area contributed by atoms with Gasteiger partial charge in [0, 0.05) is 17.8 Å². The van der Waals surface area contributed by atoms with Crippen molar-refractivity contribution < 1.29 is 19.5 Å². The molecule has 0 atom stereocenters. The van der Waals surface area contributed by atoms with E-state index < -0.39 is 5.97 Å². The van der Waals surface area contributed by atoms with Gasteiger partial charge in [0.25, 0.3) is 11.8 Å². The molecule has 0 unspecified atom stereocenters. The minimum Gasteiger partial charge on any atom is -0.476 e. The Morgan fingerprint density at radius 3 is 2.31 bits per heavy atom. The van der Waals surface area contributed by atoms with Crippen molar-refractivity contribution in [3.8, 4) is 11.3 Å². The Hall–Kier alpha value is -4.33. The second kappa shape index (κ2) is 6.10. The van der Waals surface area contributed by atoms with Crippen LogP contribution in [0.25, 0.3) is 16.9 Å². The molecule has 29 heavy (non-hydrogen) atoms. The van der Waals surface area contributed by atoms with Gasteiger partial charge in [0.2, 0.25) is 0 Å². The molecule has 2 aromatic heterocycles. The number of rotatable bonds is 3. The van der Waals surface area contributed by atoms with Gasteiger partial charge in [-0.2, -0.15) is 5.10 Å². The lowest BCUT2D eigenvalue weighted by molar-refractivity contribution is 0.0689. The van der Waals surface area contributed by atoms with E-state index in [-0.39, 0.29) is 17.5 Å². The van der Waals surface area contributed by atoms with E-state index in [1.165, 1.54) is 10.6 Å². The van der Waals surface area contributed by atoms with Gasteiger partial charge in [0.15, 0.2) is 11.3 Å². The molecule has 2 amide bonds. The Labute approximate surface area is 163 Å². The number of benzene rings is 2. The van der Waals surface area contributed by atoms with Crippen LogP contribution in [0.4, 0.5) is 5.69 Å². The third kappa shape index (κ3) is 2.50. The van der Waals surface area contributed by atoms with Crippen molar-refractivity contribution in [2.45, 2.75) is 0 Å². The second-order valence-electron chi connectivity index (χ2n) is 6.48. The molecule has 5 rings (SSSR count). The molecule has 1 aliphatic rings. The summed E-state index contributed by atoms with van der Waals surface area (Å²) in [5.74, 6) is -1.91. The number of hydrogen-bond donors (Lipinski definition) is 1. The standard InChI is InChI=1S/C21H12N4O4/c26-19-14-6-1-2-7-15(14)20(27)24(19)13-5-3-4-12(10-13)17-8-9-22-18-11-16(21(28)29)23-25(17)18/h1-11H,(H,28,29). The van der Waals surface area contributed by atoms with Crippen LogP contribution in [0.1, 0.15) is 31.2 Å². The zero-order valence-electron chi connectivity index (χ0n) is 14.8. The predicted octanol–water partition coefficient (Wildman–Crippen LogP) is 2.90. The Kier molecular flexibility index (Phi) is 3.53. The highest BCUT2D eigenvalue weighted by molar-refractivity contribution is 6.34. The van der Waals surface area contributed by atoms with Crippen LogP contribution in [0, 0.1) is 0 Å². The molecule has 2 aromatic carbocycles. The highest BCUT2D eigenvalue weighted by Crippen LogP contribution is 2.31. The SMILES string of the molecule is O=C(O)c1cc2nccc(-c3cccc(N4C(=O)c5ccccc5C4=O)c3)n2n1. The van der Waals surface area contributed by atoms with E-state index >= 15 is 0 Å². The predicted molar refractivity (Wildman–Crippen MR) is 103 cm³/mol. The normalized spacial score (nSPS) is 13.2. The Bertz CT molecular complexity index is 1310. The van der Waals surface area contributed by atoms with Crippen molar-refractivity contribution in [2.75, 3.05) is 4.90 Å². The molecule has 3 heterocycles. The van der Waals surface area contributed by atoms with Crippen LogP contribution >= 0.6 is 0 Å². The number of carboxylic acids is 1. The topological polar surface area (TPSA) is 105 Å². The van der Waals surface area contributed by atoms with E-state index in [0.29, 0.717) is 33.7 Å². The van der Waals surface area contributed by atoms with Gasteiger partial charge in [0.05, 0.1) is 22.5 Å². The molecule has 0 fully saturated rings. The molecule has 0 spiro atoms. The first kappa shape index (κ1) is 16.8. The van der Waals surface area contributed by atoms with Crippen molar-refractivity contribution in [1.82, 2.24) is 14.6 Å². The molecule has 8 heteroatoms. The van der Waals surface area contributed by atoms with E-state index in [0.717, 1.165) is 4.90 Å². The quantitative estimate of drug-likeness (QED) is 0.545. The largest absolute Gasteiger partial charge is 0.476 e. The first-order chi connectivity index (χ1) is 14.0. The number of carbonyl (C=O) groups excluding carboxylic acids is 2. The molecule has 140 valence electrons. The van der Waals surface area contributed by atoms with Crippen molar-refractivity contribution >= 4 is 29.1 Å².